The number of terminal acetylenes is 1. The quantitative estimate of drug-likeness (QED) is 0.188. The fraction of sp³-hybridized carbons (Fsp3) is 0.0690. The van der Waals surface area contributed by atoms with Crippen LogP contribution in [0.2, 0.25) is 5.02 Å². The number of esters is 1. The van der Waals surface area contributed by atoms with E-state index in [1.165, 1.54) is 13.2 Å². The summed E-state index contributed by atoms with van der Waals surface area (Å²) in [5.74, 6) is 1.67. The van der Waals surface area contributed by atoms with Crippen molar-refractivity contribution in [1.29, 1.82) is 0 Å². The number of carbonyl (C=O) groups is 2. The van der Waals surface area contributed by atoms with Gasteiger partial charge in [0.25, 0.3) is 0 Å². The molecule has 0 saturated carbocycles. The number of pyridine rings is 1. The van der Waals surface area contributed by atoms with Gasteiger partial charge >= 0.3 is 5.97 Å². The Kier molecular flexibility index (Phi) is 6.96. The maximum Gasteiger partial charge on any atom is 0.338 e. The van der Waals surface area contributed by atoms with E-state index in [-0.39, 0.29) is 22.6 Å². The van der Waals surface area contributed by atoms with E-state index in [0.29, 0.717) is 16.1 Å². The zero-order valence-corrected chi connectivity index (χ0v) is 19.9. The third-order valence-corrected chi connectivity index (χ3v) is 5.86. The van der Waals surface area contributed by atoms with Crippen LogP contribution in [-0.4, -0.2) is 30.9 Å². The summed E-state index contributed by atoms with van der Waals surface area (Å²) in [5, 5.41) is 0.650. The summed E-state index contributed by atoms with van der Waals surface area (Å²) in [4.78, 5) is 32.2. The molecule has 0 unspecified atom stereocenters. The molecule has 0 N–H and O–H groups in total. The van der Waals surface area contributed by atoms with Crippen molar-refractivity contribution >= 4 is 34.7 Å². The summed E-state index contributed by atoms with van der Waals surface area (Å²) in [6.45, 7) is 0. The molecule has 0 atom stereocenters. The van der Waals surface area contributed by atoms with Gasteiger partial charge in [0, 0.05) is 34.4 Å². The second-order valence-electron chi connectivity index (χ2n) is 7.71. The van der Waals surface area contributed by atoms with Gasteiger partial charge in [0.15, 0.2) is 0 Å². The van der Waals surface area contributed by atoms with Crippen LogP contribution in [0.1, 0.15) is 32.0 Å². The summed E-state index contributed by atoms with van der Waals surface area (Å²) < 4.78 is 4.98. The van der Waals surface area contributed by atoms with Crippen molar-refractivity contribution in [3.8, 4) is 23.5 Å². The van der Waals surface area contributed by atoms with Crippen molar-refractivity contribution < 1.29 is 14.3 Å². The normalized spacial score (nSPS) is 10.3. The third-order valence-electron chi connectivity index (χ3n) is 5.61. The summed E-state index contributed by atoms with van der Waals surface area (Å²) in [5.41, 5.74) is 4.14. The first-order chi connectivity index (χ1) is 16.9. The van der Waals surface area contributed by atoms with Crippen molar-refractivity contribution in [2.24, 2.45) is 0 Å². The largest absolute Gasteiger partial charge is 0.465 e. The number of ketones is 1. The number of carbonyl (C=O) groups excluding carboxylic acids is 2. The minimum absolute atomic E-state index is 0.219. The second-order valence-corrected chi connectivity index (χ2v) is 8.15. The van der Waals surface area contributed by atoms with E-state index in [2.05, 4.69) is 10.9 Å². The molecule has 0 spiro atoms. The third kappa shape index (κ3) is 4.93. The average Bonchev–Trinajstić information content (AvgIpc) is 2.92. The molecular weight excluding hydrogens is 460 g/mol. The van der Waals surface area contributed by atoms with Crippen molar-refractivity contribution in [3.63, 3.8) is 0 Å². The Balaban J connectivity index is 1.71. The van der Waals surface area contributed by atoms with Crippen LogP contribution in [0.15, 0.2) is 85.1 Å². The standard InChI is InChI=1S/C29H21ClN2O3/c1-4-19-16-21(17-25(29(34)35-3)27(19)20-8-6-5-7-9-20)28(33)26-15-14-24(18-31-26)32(2)23-12-10-22(30)11-13-23/h1,5-18H,2-3H3. The van der Waals surface area contributed by atoms with E-state index in [4.69, 9.17) is 22.8 Å². The monoisotopic (exact) mass is 480 g/mol. The predicted molar refractivity (Wildman–Crippen MR) is 138 cm³/mol. The van der Waals surface area contributed by atoms with Crippen molar-refractivity contribution in [2.75, 3.05) is 19.1 Å². The predicted octanol–water partition coefficient (Wildman–Crippen LogP) is 6.17. The van der Waals surface area contributed by atoms with E-state index in [1.807, 2.05) is 54.4 Å². The Labute approximate surface area is 209 Å². The minimum Gasteiger partial charge on any atom is -0.465 e. The molecule has 0 aliphatic heterocycles. The number of benzene rings is 3. The van der Waals surface area contributed by atoms with Gasteiger partial charge in [-0.25, -0.2) is 4.79 Å². The van der Waals surface area contributed by atoms with Gasteiger partial charge in [-0.05, 0) is 54.1 Å². The van der Waals surface area contributed by atoms with Crippen LogP contribution in [0.25, 0.3) is 11.1 Å². The molecule has 0 fully saturated rings. The number of anilines is 2. The highest BCUT2D eigenvalue weighted by Gasteiger charge is 2.22. The Morgan fingerprint density at radius 2 is 1.66 bits per heavy atom. The summed E-state index contributed by atoms with van der Waals surface area (Å²) in [6.07, 6.45) is 7.40. The van der Waals surface area contributed by atoms with Crippen LogP contribution in [-0.2, 0) is 4.74 Å². The Hall–Kier alpha value is -4.40. The summed E-state index contributed by atoms with van der Waals surface area (Å²) in [6, 6.07) is 23.2. The highest BCUT2D eigenvalue weighted by molar-refractivity contribution is 6.30. The van der Waals surface area contributed by atoms with Gasteiger partial charge in [-0.15, -0.1) is 6.42 Å². The van der Waals surface area contributed by atoms with Crippen LogP contribution in [0, 0.1) is 12.3 Å². The van der Waals surface area contributed by atoms with Crippen molar-refractivity contribution in [2.45, 2.75) is 0 Å². The Morgan fingerprint density at radius 3 is 2.26 bits per heavy atom. The van der Waals surface area contributed by atoms with Crippen molar-refractivity contribution in [3.05, 3.63) is 112 Å². The van der Waals surface area contributed by atoms with Crippen LogP contribution in [0.4, 0.5) is 11.4 Å². The number of aromatic nitrogens is 1. The molecule has 0 amide bonds. The van der Waals surface area contributed by atoms with Crippen LogP contribution >= 0.6 is 11.6 Å². The van der Waals surface area contributed by atoms with Gasteiger partial charge in [0.05, 0.1) is 24.6 Å². The molecule has 4 aromatic rings. The molecule has 0 bridgehead atoms. The zero-order chi connectivity index (χ0) is 24.9. The first-order valence-electron chi connectivity index (χ1n) is 10.7. The Morgan fingerprint density at radius 1 is 0.971 bits per heavy atom. The molecule has 5 nitrogen and oxygen atoms in total. The van der Waals surface area contributed by atoms with Crippen molar-refractivity contribution in [1.82, 2.24) is 4.98 Å². The SMILES string of the molecule is C#Cc1cc(C(=O)c2ccc(N(C)c3ccc(Cl)cc3)cn2)cc(C(=O)OC)c1-c1ccccc1. The smallest absolute Gasteiger partial charge is 0.338 e. The number of rotatable bonds is 6. The maximum absolute atomic E-state index is 13.3. The molecule has 1 heterocycles. The van der Waals surface area contributed by atoms with Gasteiger partial charge in [0.1, 0.15) is 5.69 Å². The van der Waals surface area contributed by atoms with E-state index in [0.717, 1.165) is 16.9 Å². The first kappa shape index (κ1) is 23.7. The second kappa shape index (κ2) is 10.3. The number of hydrogen-bond acceptors (Lipinski definition) is 5. The van der Waals surface area contributed by atoms with Crippen LogP contribution < -0.4 is 4.90 Å². The molecule has 1 aromatic heterocycles. The van der Waals surface area contributed by atoms with Crippen LogP contribution in [0.3, 0.4) is 0 Å². The lowest BCUT2D eigenvalue weighted by Crippen LogP contribution is -2.12. The number of ether oxygens (including phenoxy) is 1. The number of halogens is 1. The molecule has 0 saturated heterocycles. The highest BCUT2D eigenvalue weighted by atomic mass is 35.5. The lowest BCUT2D eigenvalue weighted by Gasteiger charge is -2.19. The maximum atomic E-state index is 13.3. The fourth-order valence-corrected chi connectivity index (χ4v) is 3.88. The molecule has 0 aliphatic rings. The van der Waals surface area contributed by atoms with Crippen LogP contribution in [0.5, 0.6) is 0 Å². The summed E-state index contributed by atoms with van der Waals surface area (Å²) >= 11 is 5.97. The van der Waals surface area contributed by atoms with Gasteiger partial charge < -0.3 is 9.64 Å². The lowest BCUT2D eigenvalue weighted by atomic mass is 9.90. The zero-order valence-electron chi connectivity index (χ0n) is 19.2. The van der Waals surface area contributed by atoms with Gasteiger partial charge in [-0.2, -0.15) is 0 Å². The fourth-order valence-electron chi connectivity index (χ4n) is 3.75. The average molecular weight is 481 g/mol. The van der Waals surface area contributed by atoms with Gasteiger partial charge in [-0.3, -0.25) is 9.78 Å². The van der Waals surface area contributed by atoms with E-state index in [9.17, 15) is 9.59 Å². The summed E-state index contributed by atoms with van der Waals surface area (Å²) in [7, 11) is 3.19. The molecule has 35 heavy (non-hydrogen) atoms. The topological polar surface area (TPSA) is 59.5 Å². The molecule has 172 valence electrons. The van der Waals surface area contributed by atoms with E-state index < -0.39 is 5.97 Å². The van der Waals surface area contributed by atoms with Gasteiger partial charge in [-0.1, -0.05) is 47.9 Å². The lowest BCUT2D eigenvalue weighted by molar-refractivity contribution is 0.0601. The molecule has 0 radical (unpaired) electrons. The van der Waals surface area contributed by atoms with Gasteiger partial charge in [0.2, 0.25) is 5.78 Å². The molecule has 3 aromatic carbocycles. The number of hydrogen-bond donors (Lipinski definition) is 0. The number of methoxy groups -OCH3 is 1. The highest BCUT2D eigenvalue weighted by Crippen LogP contribution is 2.31. The Bertz CT molecular complexity index is 1420. The molecule has 0 aliphatic carbocycles. The minimum atomic E-state index is -0.581. The number of nitrogens with zero attached hydrogens (tertiary/aromatic N) is 2. The van der Waals surface area contributed by atoms with E-state index in [1.54, 1.807) is 36.5 Å². The molecule has 4 rings (SSSR count). The van der Waals surface area contributed by atoms with E-state index >= 15 is 0 Å². The first-order valence-corrected chi connectivity index (χ1v) is 11.1. The molecule has 6 heteroatoms. The molecular formula is C29H21ClN2O3.